The van der Waals surface area contributed by atoms with E-state index in [4.69, 9.17) is 9.97 Å². The first-order chi connectivity index (χ1) is 31.3. The molecule has 0 fully saturated rings. The van der Waals surface area contributed by atoms with Crippen LogP contribution in [0.15, 0.2) is 225 Å². The Kier molecular flexibility index (Phi) is 7.91. The Hall–Kier alpha value is -8.40. The van der Waals surface area contributed by atoms with Gasteiger partial charge >= 0.3 is 0 Å². The Morgan fingerprint density at radius 1 is 0.286 bits per heavy atom. The summed E-state index contributed by atoms with van der Waals surface area (Å²) in [7, 11) is 0. The maximum absolute atomic E-state index is 5.31. The Morgan fingerprint density at radius 2 is 0.778 bits per heavy atom. The van der Waals surface area contributed by atoms with Crippen LogP contribution in [0.1, 0.15) is 0 Å². The van der Waals surface area contributed by atoms with Crippen molar-refractivity contribution in [3.63, 3.8) is 0 Å². The average Bonchev–Trinajstić information content (AvgIpc) is 3.69. The van der Waals surface area contributed by atoms with Gasteiger partial charge < -0.3 is 4.57 Å². The molecular formula is C60H37N3. The molecule has 0 saturated carbocycles. The van der Waals surface area contributed by atoms with E-state index in [1.165, 1.54) is 87.6 Å². The number of hydrogen-bond acceptors (Lipinski definition) is 2. The minimum absolute atomic E-state index is 0.860. The van der Waals surface area contributed by atoms with E-state index in [0.29, 0.717) is 0 Å². The number of hydrogen-bond donors (Lipinski definition) is 0. The lowest BCUT2D eigenvalue weighted by Gasteiger charge is -2.16. The molecule has 13 aromatic rings. The second-order valence-electron chi connectivity index (χ2n) is 16.5. The standard InChI is InChI=1S/C60H37N3/c1-2-17-41(18-3-1)63-57-30-11-10-23-52(57)55-36-39(31-34-58(55)63)43-32-33-51(46-20-5-4-19-44(43)46)48-29-14-27-45-42(26-13-28-47(45)48)38-15-12-16-40(35-38)56-37-61-59-53-24-8-6-21-49(53)50-22-7-9-25-54(50)60(59)62-56/h1-37H. The number of nitrogens with zero attached hydrogens (tertiary/aromatic N) is 3. The van der Waals surface area contributed by atoms with Crippen molar-refractivity contribution in [2.45, 2.75) is 0 Å². The largest absolute Gasteiger partial charge is 0.309 e. The van der Waals surface area contributed by atoms with E-state index in [2.05, 4.69) is 223 Å². The highest BCUT2D eigenvalue weighted by Crippen LogP contribution is 2.43. The maximum Gasteiger partial charge on any atom is 0.0979 e. The van der Waals surface area contributed by atoms with Crippen molar-refractivity contribution in [1.29, 1.82) is 0 Å². The fourth-order valence-electron chi connectivity index (χ4n) is 10.2. The molecule has 2 aromatic heterocycles. The number of aromatic nitrogens is 3. The molecule has 0 aliphatic carbocycles. The van der Waals surface area contributed by atoms with Gasteiger partial charge in [0, 0.05) is 32.8 Å². The maximum atomic E-state index is 5.31. The molecule has 292 valence electrons. The van der Waals surface area contributed by atoms with Gasteiger partial charge in [-0.05, 0) is 102 Å². The van der Waals surface area contributed by atoms with Gasteiger partial charge in [-0.1, -0.05) is 182 Å². The number of benzene rings is 11. The smallest absolute Gasteiger partial charge is 0.0979 e. The van der Waals surface area contributed by atoms with Crippen molar-refractivity contribution in [2.24, 2.45) is 0 Å². The molecule has 0 radical (unpaired) electrons. The Morgan fingerprint density at radius 3 is 1.52 bits per heavy atom. The summed E-state index contributed by atoms with van der Waals surface area (Å²) in [5, 5.41) is 12.0. The van der Waals surface area contributed by atoms with Crippen LogP contribution < -0.4 is 0 Å². The van der Waals surface area contributed by atoms with E-state index in [1.54, 1.807) is 0 Å². The van der Waals surface area contributed by atoms with Crippen LogP contribution in [0.2, 0.25) is 0 Å². The third kappa shape index (κ3) is 5.53. The van der Waals surface area contributed by atoms with Gasteiger partial charge in [-0.15, -0.1) is 0 Å². The highest BCUT2D eigenvalue weighted by atomic mass is 15.0. The summed E-state index contributed by atoms with van der Waals surface area (Å²) in [5.41, 5.74) is 14.5. The van der Waals surface area contributed by atoms with Crippen LogP contribution in [0.3, 0.4) is 0 Å². The Bertz CT molecular complexity index is 3940. The first kappa shape index (κ1) is 35.4. The van der Waals surface area contributed by atoms with Gasteiger partial charge in [-0.3, -0.25) is 4.98 Å². The molecule has 2 heterocycles. The van der Waals surface area contributed by atoms with Crippen molar-refractivity contribution < 1.29 is 0 Å². The van der Waals surface area contributed by atoms with E-state index in [0.717, 1.165) is 38.6 Å². The van der Waals surface area contributed by atoms with Gasteiger partial charge in [0.1, 0.15) is 0 Å². The molecule has 0 saturated heterocycles. The van der Waals surface area contributed by atoms with Crippen LogP contribution in [-0.4, -0.2) is 14.5 Å². The molecule has 0 atom stereocenters. The molecule has 0 N–H and O–H groups in total. The van der Waals surface area contributed by atoms with Crippen LogP contribution >= 0.6 is 0 Å². The average molecular weight is 800 g/mol. The first-order valence-electron chi connectivity index (χ1n) is 21.6. The van der Waals surface area contributed by atoms with E-state index in [1.807, 2.05) is 6.20 Å². The quantitative estimate of drug-likeness (QED) is 0.162. The first-order valence-corrected chi connectivity index (χ1v) is 21.6. The number of para-hydroxylation sites is 2. The summed E-state index contributed by atoms with van der Waals surface area (Å²) in [6.45, 7) is 0. The number of fused-ring (bicyclic) bond motifs is 11. The molecule has 0 aliphatic rings. The highest BCUT2D eigenvalue weighted by molar-refractivity contribution is 6.23. The van der Waals surface area contributed by atoms with Crippen LogP contribution in [-0.2, 0) is 0 Å². The molecule has 0 spiro atoms. The lowest BCUT2D eigenvalue weighted by atomic mass is 9.88. The topological polar surface area (TPSA) is 30.7 Å². The van der Waals surface area contributed by atoms with Crippen molar-refractivity contribution in [3.05, 3.63) is 225 Å². The summed E-state index contributed by atoms with van der Waals surface area (Å²) in [5.74, 6) is 0. The predicted octanol–water partition coefficient (Wildman–Crippen LogP) is 16.0. The lowest BCUT2D eigenvalue weighted by Crippen LogP contribution is -1.93. The van der Waals surface area contributed by atoms with Crippen molar-refractivity contribution >= 4 is 75.9 Å². The molecule has 0 amide bonds. The molecule has 3 heteroatoms. The molecule has 63 heavy (non-hydrogen) atoms. The Labute approximate surface area is 363 Å². The SMILES string of the molecule is c1ccc(-n2c3ccccc3c3cc(-c4ccc(-c5cccc6c(-c7cccc(-c8cnc9c%10ccccc%10c%10ccccc%10c9n8)c7)cccc56)c5ccccc45)ccc32)cc1. The fourth-order valence-corrected chi connectivity index (χ4v) is 10.2. The summed E-state index contributed by atoms with van der Waals surface area (Å²) in [6.07, 6.45) is 1.93. The van der Waals surface area contributed by atoms with Crippen molar-refractivity contribution in [2.75, 3.05) is 0 Å². The van der Waals surface area contributed by atoms with Crippen molar-refractivity contribution in [3.8, 4) is 50.3 Å². The normalized spacial score (nSPS) is 11.8. The minimum Gasteiger partial charge on any atom is -0.309 e. The molecule has 0 aliphatic heterocycles. The summed E-state index contributed by atoms with van der Waals surface area (Å²) >= 11 is 0. The van der Waals surface area contributed by atoms with E-state index >= 15 is 0 Å². The molecule has 11 aromatic carbocycles. The zero-order valence-corrected chi connectivity index (χ0v) is 34.2. The summed E-state index contributed by atoms with van der Waals surface area (Å²) in [6, 6.07) is 79.1. The van der Waals surface area contributed by atoms with Crippen LogP contribution in [0, 0.1) is 0 Å². The van der Waals surface area contributed by atoms with E-state index < -0.39 is 0 Å². The number of rotatable bonds is 5. The van der Waals surface area contributed by atoms with E-state index in [-0.39, 0.29) is 0 Å². The van der Waals surface area contributed by atoms with Crippen LogP contribution in [0.5, 0.6) is 0 Å². The summed E-state index contributed by atoms with van der Waals surface area (Å²) < 4.78 is 2.38. The summed E-state index contributed by atoms with van der Waals surface area (Å²) in [4.78, 5) is 10.4. The van der Waals surface area contributed by atoms with Gasteiger partial charge in [0.05, 0.1) is 34.0 Å². The van der Waals surface area contributed by atoms with Gasteiger partial charge in [0.15, 0.2) is 0 Å². The van der Waals surface area contributed by atoms with Crippen LogP contribution in [0.4, 0.5) is 0 Å². The van der Waals surface area contributed by atoms with Gasteiger partial charge in [0.2, 0.25) is 0 Å². The molecule has 13 rings (SSSR count). The van der Waals surface area contributed by atoms with Crippen LogP contribution in [0.25, 0.3) is 126 Å². The highest BCUT2D eigenvalue weighted by Gasteiger charge is 2.18. The molecule has 0 unspecified atom stereocenters. The molecular weight excluding hydrogens is 763 g/mol. The zero-order chi connectivity index (χ0) is 41.4. The van der Waals surface area contributed by atoms with Gasteiger partial charge in [-0.25, -0.2) is 4.98 Å². The predicted molar refractivity (Wildman–Crippen MR) is 266 cm³/mol. The second-order valence-corrected chi connectivity index (χ2v) is 16.5. The van der Waals surface area contributed by atoms with E-state index in [9.17, 15) is 0 Å². The monoisotopic (exact) mass is 799 g/mol. The fraction of sp³-hybridized carbons (Fsp3) is 0. The lowest BCUT2D eigenvalue weighted by molar-refractivity contribution is 1.18. The second kappa shape index (κ2) is 14.1. The van der Waals surface area contributed by atoms with Crippen molar-refractivity contribution in [1.82, 2.24) is 14.5 Å². The minimum atomic E-state index is 0.860. The zero-order valence-electron chi connectivity index (χ0n) is 34.2. The Balaban J connectivity index is 0.919. The van der Waals surface area contributed by atoms with Gasteiger partial charge in [0.25, 0.3) is 0 Å². The third-order valence-corrected chi connectivity index (χ3v) is 13.0. The molecule has 0 bridgehead atoms. The van der Waals surface area contributed by atoms with Gasteiger partial charge in [-0.2, -0.15) is 0 Å². The third-order valence-electron chi connectivity index (χ3n) is 13.0. The molecule has 3 nitrogen and oxygen atoms in total.